The van der Waals surface area contributed by atoms with Crippen LogP contribution in [-0.2, 0) is 0 Å². The molecule has 0 fully saturated rings. The quantitative estimate of drug-likeness (QED) is 0.432. The van der Waals surface area contributed by atoms with Gasteiger partial charge in [0.2, 0.25) is 0 Å². The molecule has 0 atom stereocenters. The highest BCUT2D eigenvalue weighted by Gasteiger charge is 2.13. The van der Waals surface area contributed by atoms with Gasteiger partial charge in [0, 0.05) is 12.1 Å². The fourth-order valence-corrected chi connectivity index (χ4v) is 1.02. The van der Waals surface area contributed by atoms with Crippen molar-refractivity contribution in [2.24, 2.45) is 5.73 Å². The van der Waals surface area contributed by atoms with Crippen LogP contribution in [-0.4, -0.2) is 4.92 Å². The van der Waals surface area contributed by atoms with Crippen LogP contribution < -0.4 is 5.73 Å². The summed E-state index contributed by atoms with van der Waals surface area (Å²) in [7, 11) is 0. The van der Waals surface area contributed by atoms with Gasteiger partial charge in [0.15, 0.2) is 0 Å². The molecule has 0 aliphatic rings. The molecule has 1 rings (SSSR count). The lowest BCUT2D eigenvalue weighted by atomic mass is 10.1. The molecule has 0 spiro atoms. The number of benzene rings is 1. The summed E-state index contributed by atoms with van der Waals surface area (Å²) in [4.78, 5) is 10.0. The standard InChI is InChI=1S/C9H7N3O2/c10-6-5-8(11)7-3-1-2-4-9(7)12(13)14/h1-5H,11H2/b8-5+. The third-order valence-corrected chi connectivity index (χ3v) is 1.63. The van der Waals surface area contributed by atoms with Crippen LogP contribution in [0.1, 0.15) is 5.56 Å². The lowest BCUT2D eigenvalue weighted by molar-refractivity contribution is -0.385. The zero-order valence-corrected chi connectivity index (χ0v) is 7.18. The maximum atomic E-state index is 10.6. The van der Waals surface area contributed by atoms with E-state index in [1.807, 2.05) is 0 Å². The molecule has 0 aliphatic carbocycles. The number of para-hydroxylation sites is 1. The predicted molar refractivity (Wildman–Crippen MR) is 50.9 cm³/mol. The van der Waals surface area contributed by atoms with Gasteiger partial charge in [-0.05, 0) is 6.07 Å². The molecule has 0 bridgehead atoms. The van der Waals surface area contributed by atoms with Crippen molar-refractivity contribution in [3.05, 3.63) is 46.0 Å². The molecule has 14 heavy (non-hydrogen) atoms. The van der Waals surface area contributed by atoms with Gasteiger partial charge in [0.25, 0.3) is 5.69 Å². The van der Waals surface area contributed by atoms with Crippen molar-refractivity contribution in [1.29, 1.82) is 5.26 Å². The Balaban J connectivity index is 3.28. The van der Waals surface area contributed by atoms with E-state index < -0.39 is 4.92 Å². The molecule has 0 saturated carbocycles. The van der Waals surface area contributed by atoms with Crippen LogP contribution in [0.2, 0.25) is 0 Å². The van der Waals surface area contributed by atoms with Crippen molar-refractivity contribution >= 4 is 11.4 Å². The normalized spacial score (nSPS) is 10.6. The molecule has 0 aliphatic heterocycles. The molecule has 0 amide bonds. The number of nitro benzene ring substituents is 1. The number of hydrogen-bond acceptors (Lipinski definition) is 4. The highest BCUT2D eigenvalue weighted by molar-refractivity contribution is 5.71. The molecule has 0 aromatic heterocycles. The van der Waals surface area contributed by atoms with Crippen molar-refractivity contribution in [3.8, 4) is 6.07 Å². The van der Waals surface area contributed by atoms with Gasteiger partial charge in [-0.3, -0.25) is 10.1 Å². The van der Waals surface area contributed by atoms with E-state index in [1.54, 1.807) is 18.2 Å². The Morgan fingerprint density at radius 2 is 2.21 bits per heavy atom. The van der Waals surface area contributed by atoms with Gasteiger partial charge >= 0.3 is 0 Å². The van der Waals surface area contributed by atoms with E-state index in [0.717, 1.165) is 6.08 Å². The van der Waals surface area contributed by atoms with Crippen LogP contribution in [0.4, 0.5) is 5.69 Å². The minimum Gasteiger partial charge on any atom is -0.397 e. The molecule has 0 saturated heterocycles. The molecule has 0 radical (unpaired) electrons. The van der Waals surface area contributed by atoms with Crippen molar-refractivity contribution in [3.63, 3.8) is 0 Å². The minimum atomic E-state index is -0.534. The summed E-state index contributed by atoms with van der Waals surface area (Å²) >= 11 is 0. The second kappa shape index (κ2) is 4.05. The Kier molecular flexibility index (Phi) is 2.82. The van der Waals surface area contributed by atoms with Crippen LogP contribution in [0.15, 0.2) is 30.3 Å². The van der Waals surface area contributed by atoms with Gasteiger partial charge in [-0.25, -0.2) is 0 Å². The fraction of sp³-hybridized carbons (Fsp3) is 0. The molecular formula is C9H7N3O2. The SMILES string of the molecule is N#C/C=C(/N)c1ccccc1[N+](=O)[O-]. The van der Waals surface area contributed by atoms with E-state index in [1.165, 1.54) is 12.1 Å². The van der Waals surface area contributed by atoms with E-state index in [4.69, 9.17) is 11.0 Å². The number of allylic oxidation sites excluding steroid dienone is 1. The fourth-order valence-electron chi connectivity index (χ4n) is 1.02. The van der Waals surface area contributed by atoms with Crippen molar-refractivity contribution < 1.29 is 4.92 Å². The monoisotopic (exact) mass is 189 g/mol. The summed E-state index contributed by atoms with van der Waals surface area (Å²) in [6.07, 6.45) is 1.07. The van der Waals surface area contributed by atoms with Gasteiger partial charge in [-0.1, -0.05) is 12.1 Å². The van der Waals surface area contributed by atoms with E-state index in [-0.39, 0.29) is 16.9 Å². The largest absolute Gasteiger partial charge is 0.397 e. The number of hydrogen-bond donors (Lipinski definition) is 1. The number of nitro groups is 1. The third kappa shape index (κ3) is 1.87. The molecule has 5 heteroatoms. The summed E-state index contributed by atoms with van der Waals surface area (Å²) in [5, 5.41) is 18.9. The van der Waals surface area contributed by atoms with Crippen LogP contribution in [0.5, 0.6) is 0 Å². The van der Waals surface area contributed by atoms with Crippen LogP contribution in [0, 0.1) is 21.4 Å². The first-order chi connectivity index (χ1) is 6.66. The number of rotatable bonds is 2. The Bertz CT molecular complexity index is 432. The zero-order valence-electron chi connectivity index (χ0n) is 7.18. The molecule has 0 heterocycles. The van der Waals surface area contributed by atoms with Gasteiger partial charge in [-0.15, -0.1) is 0 Å². The molecule has 2 N–H and O–H groups in total. The Hall–Kier alpha value is -2.35. The summed E-state index contributed by atoms with van der Waals surface area (Å²) in [5.41, 5.74) is 5.74. The van der Waals surface area contributed by atoms with E-state index in [2.05, 4.69) is 0 Å². The summed E-state index contributed by atoms with van der Waals surface area (Å²) in [5.74, 6) is 0. The highest BCUT2D eigenvalue weighted by Crippen LogP contribution is 2.21. The first-order valence-electron chi connectivity index (χ1n) is 3.76. The first-order valence-corrected chi connectivity index (χ1v) is 3.76. The van der Waals surface area contributed by atoms with Crippen molar-refractivity contribution in [2.45, 2.75) is 0 Å². The average Bonchev–Trinajstić information content (AvgIpc) is 2.18. The molecule has 0 unspecified atom stereocenters. The third-order valence-electron chi connectivity index (χ3n) is 1.63. The maximum Gasteiger partial charge on any atom is 0.278 e. The molecule has 5 nitrogen and oxygen atoms in total. The second-order valence-electron chi connectivity index (χ2n) is 2.50. The number of nitriles is 1. The van der Waals surface area contributed by atoms with Gasteiger partial charge in [-0.2, -0.15) is 5.26 Å². The Labute approximate surface area is 80.2 Å². The lowest BCUT2D eigenvalue weighted by Crippen LogP contribution is -2.00. The van der Waals surface area contributed by atoms with Gasteiger partial charge < -0.3 is 5.73 Å². The van der Waals surface area contributed by atoms with Crippen molar-refractivity contribution in [1.82, 2.24) is 0 Å². The smallest absolute Gasteiger partial charge is 0.278 e. The van der Waals surface area contributed by atoms with Crippen molar-refractivity contribution in [2.75, 3.05) is 0 Å². The van der Waals surface area contributed by atoms with E-state index in [0.29, 0.717) is 0 Å². The van der Waals surface area contributed by atoms with Crippen LogP contribution >= 0.6 is 0 Å². The number of nitrogens with zero attached hydrogens (tertiary/aromatic N) is 2. The first kappa shape index (κ1) is 9.74. The lowest BCUT2D eigenvalue weighted by Gasteiger charge is -2.00. The average molecular weight is 189 g/mol. The molecule has 1 aromatic carbocycles. The highest BCUT2D eigenvalue weighted by atomic mass is 16.6. The minimum absolute atomic E-state index is 0.0970. The van der Waals surface area contributed by atoms with Gasteiger partial charge in [0.05, 0.1) is 22.3 Å². The Morgan fingerprint density at radius 1 is 1.57 bits per heavy atom. The topological polar surface area (TPSA) is 93.0 Å². The summed E-state index contributed by atoms with van der Waals surface area (Å²) in [6.45, 7) is 0. The van der Waals surface area contributed by atoms with E-state index >= 15 is 0 Å². The molecular weight excluding hydrogens is 182 g/mol. The molecule has 1 aromatic rings. The zero-order chi connectivity index (χ0) is 10.6. The second-order valence-corrected chi connectivity index (χ2v) is 2.50. The molecule has 70 valence electrons. The predicted octanol–water partition coefficient (Wildman–Crippen LogP) is 1.42. The number of nitrogens with two attached hydrogens (primary N) is 1. The maximum absolute atomic E-state index is 10.6. The Morgan fingerprint density at radius 3 is 2.79 bits per heavy atom. The van der Waals surface area contributed by atoms with Gasteiger partial charge in [0.1, 0.15) is 0 Å². The van der Waals surface area contributed by atoms with E-state index in [9.17, 15) is 10.1 Å². The summed E-state index contributed by atoms with van der Waals surface area (Å²) in [6, 6.07) is 7.73. The summed E-state index contributed by atoms with van der Waals surface area (Å²) < 4.78 is 0. The van der Waals surface area contributed by atoms with Crippen LogP contribution in [0.25, 0.3) is 5.70 Å². The van der Waals surface area contributed by atoms with Crippen LogP contribution in [0.3, 0.4) is 0 Å².